The number of hydrogen-bond acceptors (Lipinski definition) is 3. The zero-order valence-electron chi connectivity index (χ0n) is 15.7. The van der Waals surface area contributed by atoms with Crippen LogP contribution in [-0.2, 0) is 19.5 Å². The summed E-state index contributed by atoms with van der Waals surface area (Å²) in [6, 6.07) is 3.33. The number of aromatic nitrogens is 2. The SMILES string of the molecule is [C-]#[N+]c1cc(NC(=O)N2CCc3nn4c(c3C2)C(=O)N(C)C[C@H](F)C4)ccc1F. The summed E-state index contributed by atoms with van der Waals surface area (Å²) in [6.07, 6.45) is -0.769. The van der Waals surface area contributed by atoms with Gasteiger partial charge in [-0.25, -0.2) is 18.4 Å². The fraction of sp³-hybridized carbons (Fsp3) is 0.368. The lowest BCUT2D eigenvalue weighted by Gasteiger charge is -2.27. The Hall–Kier alpha value is -3.48. The van der Waals surface area contributed by atoms with Gasteiger partial charge in [-0.05, 0) is 18.2 Å². The van der Waals surface area contributed by atoms with Crippen LogP contribution < -0.4 is 5.32 Å². The maximum Gasteiger partial charge on any atom is 0.322 e. The van der Waals surface area contributed by atoms with E-state index in [4.69, 9.17) is 6.57 Å². The Morgan fingerprint density at radius 3 is 2.93 bits per heavy atom. The van der Waals surface area contributed by atoms with Crippen LogP contribution in [0.15, 0.2) is 18.2 Å². The van der Waals surface area contributed by atoms with Crippen molar-refractivity contribution in [2.45, 2.75) is 25.7 Å². The lowest BCUT2D eigenvalue weighted by atomic mass is 10.0. The van der Waals surface area contributed by atoms with Crippen molar-refractivity contribution >= 4 is 23.3 Å². The number of benzene rings is 1. The Labute approximate surface area is 165 Å². The second-order valence-electron chi connectivity index (χ2n) is 7.12. The highest BCUT2D eigenvalue weighted by atomic mass is 19.1. The number of nitrogens with zero attached hydrogens (tertiary/aromatic N) is 5. The van der Waals surface area contributed by atoms with E-state index in [1.165, 1.54) is 26.6 Å². The molecule has 3 heterocycles. The molecule has 10 heteroatoms. The third-order valence-corrected chi connectivity index (χ3v) is 5.10. The van der Waals surface area contributed by atoms with Crippen LogP contribution in [0.25, 0.3) is 4.85 Å². The summed E-state index contributed by atoms with van der Waals surface area (Å²) in [4.78, 5) is 31.3. The number of carbonyl (C=O) groups is 2. The van der Waals surface area contributed by atoms with Gasteiger partial charge in [-0.15, -0.1) is 0 Å². The molecule has 8 nitrogen and oxygen atoms in total. The Balaban J connectivity index is 1.57. The van der Waals surface area contributed by atoms with E-state index in [1.807, 2.05) is 0 Å². The third kappa shape index (κ3) is 3.40. The van der Waals surface area contributed by atoms with E-state index in [1.54, 1.807) is 7.05 Å². The van der Waals surface area contributed by atoms with Crippen molar-refractivity contribution in [1.82, 2.24) is 19.6 Å². The average molecular weight is 400 g/mol. The second kappa shape index (κ2) is 7.16. The van der Waals surface area contributed by atoms with Gasteiger partial charge in [0.05, 0.1) is 31.9 Å². The zero-order valence-corrected chi connectivity index (χ0v) is 15.7. The molecule has 1 N–H and O–H groups in total. The molecule has 0 saturated heterocycles. The summed E-state index contributed by atoms with van der Waals surface area (Å²) in [5.41, 5.74) is 1.76. The number of hydrogen-bond donors (Lipinski definition) is 1. The first-order valence-electron chi connectivity index (χ1n) is 9.08. The molecule has 4 rings (SSSR count). The van der Waals surface area contributed by atoms with Crippen LogP contribution in [0.5, 0.6) is 0 Å². The first-order chi connectivity index (χ1) is 13.9. The van der Waals surface area contributed by atoms with Gasteiger partial charge in [0, 0.05) is 31.3 Å². The summed E-state index contributed by atoms with van der Waals surface area (Å²) >= 11 is 0. The van der Waals surface area contributed by atoms with Crippen LogP contribution in [0.1, 0.15) is 21.7 Å². The number of amides is 3. The van der Waals surface area contributed by atoms with E-state index >= 15 is 0 Å². The number of alkyl halides is 1. The van der Waals surface area contributed by atoms with Crippen molar-refractivity contribution in [2.24, 2.45) is 0 Å². The first-order valence-corrected chi connectivity index (χ1v) is 9.08. The van der Waals surface area contributed by atoms with E-state index in [9.17, 15) is 18.4 Å². The van der Waals surface area contributed by atoms with Gasteiger partial charge in [-0.2, -0.15) is 5.10 Å². The fourth-order valence-electron chi connectivity index (χ4n) is 3.66. The van der Waals surface area contributed by atoms with Crippen LogP contribution in [0.4, 0.5) is 25.0 Å². The zero-order chi connectivity index (χ0) is 20.7. The van der Waals surface area contributed by atoms with Gasteiger partial charge >= 0.3 is 6.03 Å². The van der Waals surface area contributed by atoms with Gasteiger partial charge in [-0.3, -0.25) is 9.48 Å². The molecular formula is C19H18F2N6O2. The normalized spacial score (nSPS) is 18.6. The van der Waals surface area contributed by atoms with Crippen molar-refractivity contribution in [2.75, 3.05) is 25.5 Å². The maximum atomic E-state index is 14.1. The van der Waals surface area contributed by atoms with Gasteiger partial charge in [0.1, 0.15) is 17.7 Å². The Kier molecular flexibility index (Phi) is 4.66. The van der Waals surface area contributed by atoms with Crippen LogP contribution in [0.3, 0.4) is 0 Å². The summed E-state index contributed by atoms with van der Waals surface area (Å²) in [5, 5.41) is 7.04. The molecular weight excluding hydrogens is 382 g/mol. The van der Waals surface area contributed by atoms with Crippen molar-refractivity contribution in [1.29, 1.82) is 0 Å². The molecule has 0 unspecified atom stereocenters. The van der Waals surface area contributed by atoms with Crippen LogP contribution in [0.2, 0.25) is 0 Å². The smallest absolute Gasteiger partial charge is 0.322 e. The fourth-order valence-corrected chi connectivity index (χ4v) is 3.66. The van der Waals surface area contributed by atoms with Crippen molar-refractivity contribution in [3.63, 3.8) is 0 Å². The van der Waals surface area contributed by atoms with Crippen molar-refractivity contribution in [3.8, 4) is 0 Å². The number of urea groups is 1. The highest BCUT2D eigenvalue weighted by Gasteiger charge is 2.34. The van der Waals surface area contributed by atoms with E-state index < -0.39 is 18.0 Å². The van der Waals surface area contributed by atoms with Crippen molar-refractivity contribution < 1.29 is 18.4 Å². The minimum Gasteiger partial charge on any atom is -0.337 e. The first kappa shape index (κ1) is 18.9. The van der Waals surface area contributed by atoms with E-state index in [0.717, 1.165) is 6.07 Å². The van der Waals surface area contributed by atoms with Crippen LogP contribution in [-0.4, -0.2) is 57.8 Å². The molecule has 0 fully saturated rings. The lowest BCUT2D eigenvalue weighted by Crippen LogP contribution is -2.39. The van der Waals surface area contributed by atoms with Crippen LogP contribution in [0, 0.1) is 12.4 Å². The molecule has 0 aliphatic carbocycles. The topological polar surface area (TPSA) is 74.8 Å². The quantitative estimate of drug-likeness (QED) is 0.748. The van der Waals surface area contributed by atoms with Gasteiger partial charge in [0.15, 0.2) is 0 Å². The molecule has 0 spiro atoms. The van der Waals surface area contributed by atoms with Gasteiger partial charge in [0.2, 0.25) is 5.69 Å². The molecule has 2 aromatic rings. The number of nitrogens with one attached hydrogen (secondary N) is 1. The predicted octanol–water partition coefficient (Wildman–Crippen LogP) is 2.59. The molecule has 1 aromatic heterocycles. The highest BCUT2D eigenvalue weighted by Crippen LogP contribution is 2.27. The largest absolute Gasteiger partial charge is 0.337 e. The van der Waals surface area contributed by atoms with Gasteiger partial charge in [0.25, 0.3) is 5.91 Å². The van der Waals surface area contributed by atoms with E-state index in [0.29, 0.717) is 35.6 Å². The third-order valence-electron chi connectivity index (χ3n) is 5.10. The molecule has 1 atom stereocenters. The number of rotatable bonds is 1. The minimum absolute atomic E-state index is 0.000406. The monoisotopic (exact) mass is 400 g/mol. The molecule has 0 bridgehead atoms. The summed E-state index contributed by atoms with van der Waals surface area (Å²) in [7, 11) is 1.54. The lowest BCUT2D eigenvalue weighted by molar-refractivity contribution is 0.0767. The second-order valence-corrected chi connectivity index (χ2v) is 7.12. The molecule has 0 radical (unpaired) electrons. The minimum atomic E-state index is -1.21. The molecule has 2 aliphatic rings. The number of halogens is 2. The predicted molar refractivity (Wildman–Crippen MR) is 99.9 cm³/mol. The van der Waals surface area contributed by atoms with Crippen molar-refractivity contribution in [3.05, 3.63) is 52.4 Å². The molecule has 150 valence electrons. The van der Waals surface area contributed by atoms with Crippen LogP contribution >= 0.6 is 0 Å². The summed E-state index contributed by atoms with van der Waals surface area (Å²) < 4.78 is 29.0. The average Bonchev–Trinajstić information content (AvgIpc) is 3.00. The number of anilines is 1. The molecule has 3 amide bonds. The standard InChI is InChI=1S/C19H18F2N6O2/c1-22-16-7-12(3-4-14(16)21)23-19(29)26-6-5-15-13(10-26)17-18(28)25(2)8-11(20)9-27(17)24-15/h3-4,7,11H,5-6,8-10H2,2H3,(H,23,29)/t11-/m0/s1. The Morgan fingerprint density at radius 1 is 1.38 bits per heavy atom. The molecule has 1 aromatic carbocycles. The molecule has 2 aliphatic heterocycles. The summed E-state index contributed by atoms with van der Waals surface area (Å²) in [5.74, 6) is -0.974. The van der Waals surface area contributed by atoms with E-state index in [-0.39, 0.29) is 31.2 Å². The Morgan fingerprint density at radius 2 is 2.17 bits per heavy atom. The van der Waals surface area contributed by atoms with E-state index in [2.05, 4.69) is 15.3 Å². The molecule has 29 heavy (non-hydrogen) atoms. The highest BCUT2D eigenvalue weighted by molar-refractivity contribution is 5.95. The van der Waals surface area contributed by atoms with Gasteiger partial charge < -0.3 is 15.1 Å². The Bertz CT molecular complexity index is 1040. The summed E-state index contributed by atoms with van der Waals surface area (Å²) in [6.45, 7) is 7.49. The molecule has 0 saturated carbocycles. The maximum absolute atomic E-state index is 14.1. The van der Waals surface area contributed by atoms with Gasteiger partial charge in [-0.1, -0.05) is 0 Å². The number of carbonyl (C=O) groups excluding carboxylic acids is 2. The number of fused-ring (bicyclic) bond motifs is 3.